The summed E-state index contributed by atoms with van der Waals surface area (Å²) in [4.78, 5) is 17.9. The van der Waals surface area contributed by atoms with Crippen molar-refractivity contribution in [1.82, 2.24) is 10.2 Å². The second kappa shape index (κ2) is 8.21. The number of aliphatic imine (C=N–C) groups is 1. The largest absolute Gasteiger partial charge is 0.466 e. The average Bonchev–Trinajstić information content (AvgIpc) is 2.43. The standard InChI is InChI=1S/C13H25N3O4S/c1-4-20-12(17)11-6-5-8-16(10-11)13(14-2)15-7-9-21(3,18)19/h11H,4-10H2,1-3H3,(H,14,15). The van der Waals surface area contributed by atoms with Gasteiger partial charge in [-0.05, 0) is 19.8 Å². The minimum atomic E-state index is -3.00. The third kappa shape index (κ3) is 6.33. The summed E-state index contributed by atoms with van der Waals surface area (Å²) < 4.78 is 27.3. The van der Waals surface area contributed by atoms with Crippen LogP contribution >= 0.6 is 0 Å². The predicted octanol–water partition coefficient (Wildman–Crippen LogP) is -0.118. The van der Waals surface area contributed by atoms with Crippen molar-refractivity contribution in [3.8, 4) is 0 Å². The van der Waals surface area contributed by atoms with E-state index in [1.54, 1.807) is 14.0 Å². The number of nitrogens with one attached hydrogen (secondary N) is 1. The number of ether oxygens (including phenoxy) is 1. The number of guanidine groups is 1. The Labute approximate surface area is 126 Å². The molecule has 21 heavy (non-hydrogen) atoms. The minimum Gasteiger partial charge on any atom is -0.466 e. The fraction of sp³-hybridized carbons (Fsp3) is 0.846. The molecule has 0 radical (unpaired) electrons. The van der Waals surface area contributed by atoms with Crippen molar-refractivity contribution in [3.63, 3.8) is 0 Å². The van der Waals surface area contributed by atoms with Crippen LogP contribution in [-0.4, -0.2) is 70.5 Å². The zero-order valence-corrected chi connectivity index (χ0v) is 13.8. The molecule has 0 spiro atoms. The summed E-state index contributed by atoms with van der Waals surface area (Å²) in [6.45, 7) is 3.85. The van der Waals surface area contributed by atoms with Crippen molar-refractivity contribution < 1.29 is 17.9 Å². The Morgan fingerprint density at radius 3 is 2.76 bits per heavy atom. The SMILES string of the molecule is CCOC(=O)C1CCCN(C(=NC)NCCS(C)(=O)=O)C1. The lowest BCUT2D eigenvalue weighted by Gasteiger charge is -2.33. The molecule has 0 bridgehead atoms. The second-order valence-corrected chi connectivity index (χ2v) is 7.40. The highest BCUT2D eigenvalue weighted by Crippen LogP contribution is 2.17. The molecule has 1 aliphatic heterocycles. The molecule has 1 heterocycles. The first-order chi connectivity index (χ1) is 9.87. The Bertz CT molecular complexity index is 476. The van der Waals surface area contributed by atoms with Crippen molar-refractivity contribution >= 4 is 21.8 Å². The smallest absolute Gasteiger partial charge is 0.310 e. The summed E-state index contributed by atoms with van der Waals surface area (Å²) >= 11 is 0. The van der Waals surface area contributed by atoms with Crippen LogP contribution in [0.15, 0.2) is 4.99 Å². The number of esters is 1. The number of hydrogen-bond donors (Lipinski definition) is 1. The molecule has 1 N–H and O–H groups in total. The van der Waals surface area contributed by atoms with Crippen LogP contribution in [-0.2, 0) is 19.4 Å². The minimum absolute atomic E-state index is 0.0567. The van der Waals surface area contributed by atoms with E-state index in [9.17, 15) is 13.2 Å². The topological polar surface area (TPSA) is 88.1 Å². The average molecular weight is 319 g/mol. The van der Waals surface area contributed by atoms with Crippen LogP contribution in [0.25, 0.3) is 0 Å². The lowest BCUT2D eigenvalue weighted by atomic mass is 9.98. The number of hydrogen-bond acceptors (Lipinski definition) is 5. The number of rotatable bonds is 5. The molecule has 1 rings (SSSR count). The summed E-state index contributed by atoms with van der Waals surface area (Å²) in [5, 5.41) is 3.03. The predicted molar refractivity (Wildman–Crippen MR) is 82.0 cm³/mol. The van der Waals surface area contributed by atoms with E-state index >= 15 is 0 Å². The van der Waals surface area contributed by atoms with Gasteiger partial charge in [0.15, 0.2) is 5.96 Å². The van der Waals surface area contributed by atoms with Gasteiger partial charge in [0.1, 0.15) is 9.84 Å². The maximum atomic E-state index is 11.8. The molecule has 0 aromatic heterocycles. The molecular weight excluding hydrogens is 294 g/mol. The Balaban J connectivity index is 2.54. The first-order valence-corrected chi connectivity index (χ1v) is 9.23. The molecule has 1 saturated heterocycles. The van der Waals surface area contributed by atoms with Crippen molar-refractivity contribution in [2.75, 3.05) is 45.3 Å². The Hall–Kier alpha value is -1.31. The van der Waals surface area contributed by atoms with Gasteiger partial charge in [-0.1, -0.05) is 0 Å². The summed E-state index contributed by atoms with van der Waals surface area (Å²) in [5.74, 6) is 0.370. The third-order valence-corrected chi connectivity index (χ3v) is 4.25. The molecule has 0 aromatic carbocycles. The van der Waals surface area contributed by atoms with Gasteiger partial charge in [-0.25, -0.2) is 8.42 Å². The molecule has 1 fully saturated rings. The van der Waals surface area contributed by atoms with Crippen molar-refractivity contribution in [2.45, 2.75) is 19.8 Å². The van der Waals surface area contributed by atoms with Crippen LogP contribution < -0.4 is 5.32 Å². The summed E-state index contributed by atoms with van der Waals surface area (Å²) in [7, 11) is -1.35. The molecule has 1 atom stereocenters. The zero-order chi connectivity index (χ0) is 15.9. The van der Waals surface area contributed by atoms with Crippen molar-refractivity contribution in [3.05, 3.63) is 0 Å². The van der Waals surface area contributed by atoms with E-state index < -0.39 is 9.84 Å². The van der Waals surface area contributed by atoms with Crippen LogP contribution in [0.1, 0.15) is 19.8 Å². The number of carbonyl (C=O) groups excluding carboxylic acids is 1. The van der Waals surface area contributed by atoms with Gasteiger partial charge in [-0.15, -0.1) is 0 Å². The van der Waals surface area contributed by atoms with Gasteiger partial charge in [0, 0.05) is 32.9 Å². The van der Waals surface area contributed by atoms with Crippen molar-refractivity contribution in [1.29, 1.82) is 0 Å². The number of carbonyl (C=O) groups is 1. The molecule has 0 aliphatic carbocycles. The fourth-order valence-electron chi connectivity index (χ4n) is 2.30. The number of sulfone groups is 1. The Morgan fingerprint density at radius 1 is 1.48 bits per heavy atom. The fourth-order valence-corrected chi connectivity index (χ4v) is 2.78. The molecule has 1 aliphatic rings. The van der Waals surface area contributed by atoms with Gasteiger partial charge in [-0.3, -0.25) is 9.79 Å². The molecule has 8 heteroatoms. The maximum Gasteiger partial charge on any atom is 0.310 e. The Morgan fingerprint density at radius 2 is 2.19 bits per heavy atom. The zero-order valence-electron chi connectivity index (χ0n) is 13.0. The van der Waals surface area contributed by atoms with E-state index in [0.717, 1.165) is 19.4 Å². The van der Waals surface area contributed by atoms with Crippen molar-refractivity contribution in [2.24, 2.45) is 10.9 Å². The van der Waals surface area contributed by atoms with Gasteiger partial charge < -0.3 is 15.0 Å². The highest BCUT2D eigenvalue weighted by Gasteiger charge is 2.28. The quantitative estimate of drug-likeness (QED) is 0.432. The molecule has 1 unspecified atom stereocenters. The Kier molecular flexibility index (Phi) is 6.94. The van der Waals surface area contributed by atoms with E-state index in [1.165, 1.54) is 6.26 Å². The monoisotopic (exact) mass is 319 g/mol. The molecule has 0 aromatic rings. The molecule has 7 nitrogen and oxygen atoms in total. The number of nitrogens with zero attached hydrogens (tertiary/aromatic N) is 2. The second-order valence-electron chi connectivity index (χ2n) is 5.14. The van der Waals surface area contributed by atoms with Crippen LogP contribution in [0.4, 0.5) is 0 Å². The number of piperidine rings is 1. The summed E-state index contributed by atoms with van der Waals surface area (Å²) in [6, 6.07) is 0. The van der Waals surface area contributed by atoms with E-state index in [4.69, 9.17) is 4.74 Å². The van der Waals surface area contributed by atoms with Gasteiger partial charge in [0.25, 0.3) is 0 Å². The lowest BCUT2D eigenvalue weighted by molar-refractivity contribution is -0.149. The van der Waals surface area contributed by atoms with Crippen LogP contribution in [0.3, 0.4) is 0 Å². The van der Waals surface area contributed by atoms with Gasteiger partial charge >= 0.3 is 5.97 Å². The van der Waals surface area contributed by atoms with Crippen LogP contribution in [0, 0.1) is 5.92 Å². The summed E-state index contributed by atoms with van der Waals surface area (Å²) in [5.41, 5.74) is 0. The highest BCUT2D eigenvalue weighted by atomic mass is 32.2. The van der Waals surface area contributed by atoms with E-state index in [-0.39, 0.29) is 17.6 Å². The third-order valence-electron chi connectivity index (χ3n) is 3.31. The van der Waals surface area contributed by atoms with Crippen LogP contribution in [0.5, 0.6) is 0 Å². The molecule has 122 valence electrons. The number of likely N-dealkylation sites (tertiary alicyclic amines) is 1. The summed E-state index contributed by atoms with van der Waals surface area (Å²) in [6.07, 6.45) is 2.90. The van der Waals surface area contributed by atoms with Gasteiger partial charge in [-0.2, -0.15) is 0 Å². The normalized spacial score (nSPS) is 20.2. The molecule has 0 saturated carbocycles. The van der Waals surface area contributed by atoms with E-state index in [1.807, 2.05) is 4.90 Å². The molecular formula is C13H25N3O4S. The maximum absolute atomic E-state index is 11.8. The highest BCUT2D eigenvalue weighted by molar-refractivity contribution is 7.90. The molecule has 0 amide bonds. The van der Waals surface area contributed by atoms with E-state index in [0.29, 0.717) is 25.7 Å². The van der Waals surface area contributed by atoms with Crippen LogP contribution in [0.2, 0.25) is 0 Å². The van der Waals surface area contributed by atoms with Gasteiger partial charge in [0.2, 0.25) is 0 Å². The van der Waals surface area contributed by atoms with Gasteiger partial charge in [0.05, 0.1) is 18.3 Å². The first kappa shape index (κ1) is 17.7. The lowest BCUT2D eigenvalue weighted by Crippen LogP contribution is -2.49. The first-order valence-electron chi connectivity index (χ1n) is 7.17. The van der Waals surface area contributed by atoms with E-state index in [2.05, 4.69) is 10.3 Å².